The van der Waals surface area contributed by atoms with E-state index in [9.17, 15) is 4.79 Å². The van der Waals surface area contributed by atoms with Crippen molar-refractivity contribution in [1.82, 2.24) is 10.2 Å². The topological polar surface area (TPSA) is 58.4 Å². The predicted octanol–water partition coefficient (Wildman–Crippen LogP) is 1.35. The first kappa shape index (κ1) is 15.4. The van der Waals surface area contributed by atoms with Crippen LogP contribution in [0.25, 0.3) is 0 Å². The van der Waals surface area contributed by atoms with E-state index in [4.69, 9.17) is 5.73 Å². The molecule has 1 rings (SSSR count). The summed E-state index contributed by atoms with van der Waals surface area (Å²) < 4.78 is 0. The average Bonchev–Trinajstić information content (AvgIpc) is 2.22. The highest BCUT2D eigenvalue weighted by Crippen LogP contribution is 2.20. The zero-order valence-electron chi connectivity index (χ0n) is 12.5. The third kappa shape index (κ3) is 4.58. The van der Waals surface area contributed by atoms with Crippen molar-refractivity contribution in [2.24, 2.45) is 11.1 Å². The standard InChI is InChI=1S/C14H29N3O/c1-10-8-11(6-7-17(10)5)16-13(18)9-12(15)14(2,3)4/h10-12H,6-9,15H2,1-5H3,(H,16,18). The Labute approximate surface area is 111 Å². The van der Waals surface area contributed by atoms with E-state index in [-0.39, 0.29) is 17.4 Å². The fraction of sp³-hybridized carbons (Fsp3) is 0.929. The number of hydrogen-bond acceptors (Lipinski definition) is 3. The molecular formula is C14H29N3O. The van der Waals surface area contributed by atoms with Crippen LogP contribution in [0.1, 0.15) is 47.0 Å². The van der Waals surface area contributed by atoms with Gasteiger partial charge >= 0.3 is 0 Å². The normalized spacial score (nSPS) is 27.9. The van der Waals surface area contributed by atoms with Gasteiger partial charge in [-0.05, 0) is 32.2 Å². The molecule has 0 aromatic rings. The molecule has 1 saturated heterocycles. The summed E-state index contributed by atoms with van der Waals surface area (Å²) in [4.78, 5) is 14.3. The largest absolute Gasteiger partial charge is 0.353 e. The molecule has 18 heavy (non-hydrogen) atoms. The third-order valence-corrected chi connectivity index (χ3v) is 4.09. The minimum atomic E-state index is -0.0822. The van der Waals surface area contributed by atoms with Crippen LogP contribution >= 0.6 is 0 Å². The molecule has 0 saturated carbocycles. The highest BCUT2D eigenvalue weighted by atomic mass is 16.1. The van der Waals surface area contributed by atoms with E-state index in [2.05, 4.69) is 45.0 Å². The van der Waals surface area contributed by atoms with Gasteiger partial charge in [-0.2, -0.15) is 0 Å². The van der Waals surface area contributed by atoms with Crippen LogP contribution in [0.5, 0.6) is 0 Å². The molecule has 3 unspecified atom stereocenters. The number of amides is 1. The average molecular weight is 255 g/mol. The first-order valence-corrected chi connectivity index (χ1v) is 6.95. The molecule has 4 heteroatoms. The number of hydrogen-bond donors (Lipinski definition) is 2. The van der Waals surface area contributed by atoms with Crippen molar-refractivity contribution in [3.05, 3.63) is 0 Å². The summed E-state index contributed by atoms with van der Waals surface area (Å²) in [6.07, 6.45) is 2.49. The van der Waals surface area contributed by atoms with Crippen LogP contribution in [-0.4, -0.2) is 42.5 Å². The Morgan fingerprint density at radius 2 is 2.11 bits per heavy atom. The van der Waals surface area contributed by atoms with Crippen molar-refractivity contribution in [3.63, 3.8) is 0 Å². The molecular weight excluding hydrogens is 226 g/mol. The summed E-state index contributed by atoms with van der Waals surface area (Å²) >= 11 is 0. The van der Waals surface area contributed by atoms with E-state index in [0.717, 1.165) is 19.4 Å². The Hall–Kier alpha value is -0.610. The van der Waals surface area contributed by atoms with Gasteiger partial charge in [-0.25, -0.2) is 0 Å². The van der Waals surface area contributed by atoms with Crippen LogP contribution in [0.4, 0.5) is 0 Å². The molecule has 3 atom stereocenters. The smallest absolute Gasteiger partial charge is 0.221 e. The minimum Gasteiger partial charge on any atom is -0.353 e. The Kier molecular flexibility index (Phi) is 5.17. The number of nitrogens with one attached hydrogen (secondary N) is 1. The minimum absolute atomic E-state index is 0.0165. The molecule has 1 amide bonds. The van der Waals surface area contributed by atoms with Crippen LogP contribution < -0.4 is 11.1 Å². The Morgan fingerprint density at radius 1 is 1.50 bits per heavy atom. The summed E-state index contributed by atoms with van der Waals surface area (Å²) in [5.74, 6) is 0.0965. The summed E-state index contributed by atoms with van der Waals surface area (Å²) in [6.45, 7) is 9.48. The van der Waals surface area contributed by atoms with Gasteiger partial charge in [0, 0.05) is 31.1 Å². The Morgan fingerprint density at radius 3 is 2.61 bits per heavy atom. The molecule has 0 spiro atoms. The summed E-state index contributed by atoms with van der Waals surface area (Å²) in [6, 6.07) is 0.775. The second-order valence-corrected chi connectivity index (χ2v) is 6.80. The molecule has 0 aliphatic carbocycles. The molecule has 1 aliphatic rings. The number of rotatable bonds is 3. The first-order chi connectivity index (χ1) is 8.20. The predicted molar refractivity (Wildman–Crippen MR) is 75.3 cm³/mol. The van der Waals surface area contributed by atoms with Gasteiger partial charge in [-0.1, -0.05) is 20.8 Å². The zero-order chi connectivity index (χ0) is 13.9. The van der Waals surface area contributed by atoms with E-state index in [1.165, 1.54) is 0 Å². The number of carbonyl (C=O) groups is 1. The van der Waals surface area contributed by atoms with E-state index >= 15 is 0 Å². The number of piperidine rings is 1. The maximum atomic E-state index is 12.0. The maximum absolute atomic E-state index is 12.0. The van der Waals surface area contributed by atoms with Crippen LogP contribution in [0.3, 0.4) is 0 Å². The van der Waals surface area contributed by atoms with E-state index in [0.29, 0.717) is 18.5 Å². The molecule has 1 heterocycles. The highest BCUT2D eigenvalue weighted by molar-refractivity contribution is 5.77. The molecule has 1 aliphatic heterocycles. The van der Waals surface area contributed by atoms with Gasteiger partial charge in [0.25, 0.3) is 0 Å². The molecule has 1 fully saturated rings. The SMILES string of the molecule is CC1CC(NC(=O)CC(N)C(C)(C)C)CCN1C. The van der Waals surface area contributed by atoms with E-state index in [1.54, 1.807) is 0 Å². The van der Waals surface area contributed by atoms with Crippen LogP contribution in [0.2, 0.25) is 0 Å². The van der Waals surface area contributed by atoms with Gasteiger partial charge in [-0.15, -0.1) is 0 Å². The van der Waals surface area contributed by atoms with Gasteiger partial charge in [0.15, 0.2) is 0 Å². The quantitative estimate of drug-likeness (QED) is 0.800. The Bertz CT molecular complexity index is 285. The number of likely N-dealkylation sites (tertiary alicyclic amines) is 1. The summed E-state index contributed by atoms with van der Waals surface area (Å²) in [5.41, 5.74) is 6.02. The van der Waals surface area contributed by atoms with Gasteiger partial charge < -0.3 is 16.0 Å². The molecule has 0 bridgehead atoms. The fourth-order valence-corrected chi connectivity index (χ4v) is 2.21. The molecule has 0 radical (unpaired) electrons. The first-order valence-electron chi connectivity index (χ1n) is 6.95. The van der Waals surface area contributed by atoms with Crippen molar-refractivity contribution in [3.8, 4) is 0 Å². The van der Waals surface area contributed by atoms with Crippen molar-refractivity contribution in [2.45, 2.75) is 65.1 Å². The van der Waals surface area contributed by atoms with Crippen molar-refractivity contribution >= 4 is 5.91 Å². The lowest BCUT2D eigenvalue weighted by atomic mass is 9.85. The highest BCUT2D eigenvalue weighted by Gasteiger charge is 2.27. The zero-order valence-corrected chi connectivity index (χ0v) is 12.5. The molecule has 4 nitrogen and oxygen atoms in total. The second kappa shape index (κ2) is 6.02. The number of nitrogens with two attached hydrogens (primary N) is 1. The number of nitrogens with zero attached hydrogens (tertiary/aromatic N) is 1. The van der Waals surface area contributed by atoms with E-state index < -0.39 is 0 Å². The lowest BCUT2D eigenvalue weighted by Crippen LogP contribution is -2.49. The summed E-state index contributed by atoms with van der Waals surface area (Å²) in [7, 11) is 2.14. The second-order valence-electron chi connectivity index (χ2n) is 6.80. The molecule has 0 aromatic heterocycles. The molecule has 0 aromatic carbocycles. The molecule has 3 N–H and O–H groups in total. The van der Waals surface area contributed by atoms with Crippen LogP contribution in [-0.2, 0) is 4.79 Å². The van der Waals surface area contributed by atoms with Gasteiger partial charge in [0.05, 0.1) is 0 Å². The van der Waals surface area contributed by atoms with Crippen molar-refractivity contribution in [2.75, 3.05) is 13.6 Å². The lowest BCUT2D eigenvalue weighted by Gasteiger charge is -2.35. The van der Waals surface area contributed by atoms with E-state index in [1.807, 2.05) is 0 Å². The van der Waals surface area contributed by atoms with Gasteiger partial charge in [0.2, 0.25) is 5.91 Å². The molecule has 106 valence electrons. The fourth-order valence-electron chi connectivity index (χ4n) is 2.21. The Balaban J connectivity index is 2.37. The number of carbonyl (C=O) groups excluding carboxylic acids is 1. The van der Waals surface area contributed by atoms with Gasteiger partial charge in [0.1, 0.15) is 0 Å². The van der Waals surface area contributed by atoms with Gasteiger partial charge in [-0.3, -0.25) is 4.79 Å². The third-order valence-electron chi connectivity index (χ3n) is 4.09. The lowest BCUT2D eigenvalue weighted by molar-refractivity contribution is -0.123. The maximum Gasteiger partial charge on any atom is 0.221 e. The summed E-state index contributed by atoms with van der Waals surface area (Å²) in [5, 5.41) is 3.13. The monoisotopic (exact) mass is 255 g/mol. The van der Waals surface area contributed by atoms with Crippen molar-refractivity contribution < 1.29 is 4.79 Å². The van der Waals surface area contributed by atoms with Crippen LogP contribution in [0, 0.1) is 5.41 Å². The van der Waals surface area contributed by atoms with Crippen molar-refractivity contribution in [1.29, 1.82) is 0 Å². The van der Waals surface area contributed by atoms with Crippen LogP contribution in [0.15, 0.2) is 0 Å².